The number of nitrogens with zero attached hydrogens (tertiary/aromatic N) is 1. The summed E-state index contributed by atoms with van der Waals surface area (Å²) in [6, 6.07) is 0. The van der Waals surface area contributed by atoms with E-state index < -0.39 is 0 Å². The van der Waals surface area contributed by atoms with Gasteiger partial charge in [-0.05, 0) is 52.1 Å². The second-order valence-corrected chi connectivity index (χ2v) is 3.53. The lowest BCUT2D eigenvalue weighted by Crippen LogP contribution is -1.70. The molecule has 44 valence electrons. The van der Waals surface area contributed by atoms with Crippen molar-refractivity contribution in [1.82, 2.24) is 9.97 Å². The van der Waals surface area contributed by atoms with Crippen molar-refractivity contribution in [3.8, 4) is 0 Å². The Bertz CT molecular complexity index is 174. The normalized spacial score (nSPS) is 9.88. The Morgan fingerprint density at radius 1 is 1.50 bits per heavy atom. The van der Waals surface area contributed by atoms with Crippen LogP contribution in [0.4, 0.5) is 0 Å². The third kappa shape index (κ3) is 1.34. The highest BCUT2D eigenvalue weighted by Crippen LogP contribution is 2.08. The van der Waals surface area contributed by atoms with E-state index in [2.05, 4.69) is 55.1 Å². The van der Waals surface area contributed by atoms with Crippen LogP contribution in [-0.2, 0) is 0 Å². The molecule has 0 bridgehead atoms. The molecule has 1 aromatic heterocycles. The van der Waals surface area contributed by atoms with E-state index in [0.717, 1.165) is 13.2 Å². The van der Waals surface area contributed by atoms with E-state index in [4.69, 9.17) is 0 Å². The number of aromatic amines is 1. The predicted octanol–water partition coefficient (Wildman–Crippen LogP) is 1.93. The molecule has 0 atom stereocenters. The smallest absolute Gasteiger partial charge is 0.169 e. The summed E-state index contributed by atoms with van der Waals surface area (Å²) in [5, 5.41) is 0. The number of halogens is 2. The van der Waals surface area contributed by atoms with Crippen LogP contribution in [0, 0.1) is 14.5 Å². The van der Waals surface area contributed by atoms with Crippen LogP contribution < -0.4 is 0 Å². The first kappa shape index (κ1) is 6.79. The third-order valence-electron chi connectivity index (χ3n) is 0.796. The van der Waals surface area contributed by atoms with Crippen LogP contribution in [0.25, 0.3) is 0 Å². The SMILES string of the molecule is Cc1nc(I)[nH]c1I. The molecule has 1 N–H and O–H groups in total. The number of hydrogen-bond donors (Lipinski definition) is 1. The van der Waals surface area contributed by atoms with Crippen LogP contribution >= 0.6 is 45.2 Å². The number of aromatic nitrogens is 2. The van der Waals surface area contributed by atoms with Crippen molar-refractivity contribution >= 4 is 45.2 Å². The van der Waals surface area contributed by atoms with Crippen LogP contribution in [0.3, 0.4) is 0 Å². The van der Waals surface area contributed by atoms with Gasteiger partial charge in [-0.1, -0.05) is 0 Å². The minimum Gasteiger partial charge on any atom is -0.329 e. The van der Waals surface area contributed by atoms with Gasteiger partial charge in [0.15, 0.2) is 3.83 Å². The maximum absolute atomic E-state index is 4.13. The first-order valence-corrected chi connectivity index (χ1v) is 4.23. The Hall–Kier alpha value is 0.670. The lowest BCUT2D eigenvalue weighted by molar-refractivity contribution is 1.20. The van der Waals surface area contributed by atoms with Crippen molar-refractivity contribution in [1.29, 1.82) is 0 Å². The van der Waals surface area contributed by atoms with Crippen molar-refractivity contribution in [3.63, 3.8) is 0 Å². The van der Waals surface area contributed by atoms with Gasteiger partial charge in [-0.15, -0.1) is 0 Å². The quantitative estimate of drug-likeness (QED) is 0.722. The molecule has 8 heavy (non-hydrogen) atoms. The van der Waals surface area contributed by atoms with E-state index in [9.17, 15) is 0 Å². The van der Waals surface area contributed by atoms with Crippen molar-refractivity contribution < 1.29 is 0 Å². The highest BCUT2D eigenvalue weighted by molar-refractivity contribution is 14.1. The lowest BCUT2D eigenvalue weighted by Gasteiger charge is -1.76. The highest BCUT2D eigenvalue weighted by Gasteiger charge is 1.97. The minimum atomic E-state index is 0.963. The Morgan fingerprint density at radius 3 is 2.25 bits per heavy atom. The molecule has 0 unspecified atom stereocenters. The highest BCUT2D eigenvalue weighted by atomic mass is 127. The number of nitrogens with one attached hydrogen (secondary N) is 1. The summed E-state index contributed by atoms with van der Waals surface area (Å²) in [6.45, 7) is 1.99. The van der Waals surface area contributed by atoms with Gasteiger partial charge in [-0.25, -0.2) is 4.98 Å². The summed E-state index contributed by atoms with van der Waals surface area (Å²) < 4.78 is 2.09. The topological polar surface area (TPSA) is 28.7 Å². The molecule has 0 saturated heterocycles. The fourth-order valence-electron chi connectivity index (χ4n) is 0.405. The van der Waals surface area contributed by atoms with Gasteiger partial charge in [0.1, 0.15) is 3.70 Å². The molecule has 1 aromatic rings. The Balaban J connectivity index is 3.14. The summed E-state index contributed by atoms with van der Waals surface area (Å²) in [6.07, 6.45) is 0. The fraction of sp³-hybridized carbons (Fsp3) is 0.250. The van der Waals surface area contributed by atoms with Crippen LogP contribution in [-0.4, -0.2) is 9.97 Å². The number of imidazole rings is 1. The van der Waals surface area contributed by atoms with E-state index in [1.165, 1.54) is 0 Å². The van der Waals surface area contributed by atoms with Gasteiger partial charge in [0.2, 0.25) is 0 Å². The van der Waals surface area contributed by atoms with Gasteiger partial charge in [0, 0.05) is 0 Å². The van der Waals surface area contributed by atoms with Gasteiger partial charge in [-0.2, -0.15) is 0 Å². The van der Waals surface area contributed by atoms with Gasteiger partial charge >= 0.3 is 0 Å². The minimum absolute atomic E-state index is 0.963. The molecule has 0 aliphatic rings. The average Bonchev–Trinajstić information content (AvgIpc) is 1.85. The molecule has 0 saturated carbocycles. The summed E-state index contributed by atoms with van der Waals surface area (Å²) in [5.74, 6) is 0. The zero-order valence-corrected chi connectivity index (χ0v) is 8.52. The van der Waals surface area contributed by atoms with E-state index in [-0.39, 0.29) is 0 Å². The van der Waals surface area contributed by atoms with Gasteiger partial charge in [0.25, 0.3) is 0 Å². The Kier molecular flexibility index (Phi) is 2.13. The molecule has 1 rings (SSSR count). The van der Waals surface area contributed by atoms with E-state index >= 15 is 0 Å². The van der Waals surface area contributed by atoms with Crippen LogP contribution in [0.2, 0.25) is 0 Å². The molecule has 0 amide bonds. The second-order valence-electron chi connectivity index (χ2n) is 1.43. The summed E-state index contributed by atoms with van der Waals surface area (Å²) in [4.78, 5) is 7.20. The van der Waals surface area contributed by atoms with Crippen molar-refractivity contribution in [3.05, 3.63) is 13.2 Å². The van der Waals surface area contributed by atoms with Gasteiger partial charge in [0.05, 0.1) is 5.69 Å². The van der Waals surface area contributed by atoms with Crippen LogP contribution in [0.5, 0.6) is 0 Å². The maximum Gasteiger partial charge on any atom is 0.169 e. The summed E-state index contributed by atoms with van der Waals surface area (Å²) in [7, 11) is 0. The number of H-pyrrole nitrogens is 1. The second kappa shape index (κ2) is 2.51. The molecule has 0 aliphatic carbocycles. The summed E-state index contributed by atoms with van der Waals surface area (Å²) in [5.41, 5.74) is 1.08. The zero-order valence-electron chi connectivity index (χ0n) is 4.20. The van der Waals surface area contributed by atoms with E-state index in [0.29, 0.717) is 0 Å². The van der Waals surface area contributed by atoms with E-state index in [1.807, 2.05) is 6.92 Å². The standard InChI is InChI=1S/C4H4I2N2/c1-2-3(5)8-4(6)7-2/h1H3,(H,7,8). The molecule has 0 fully saturated rings. The summed E-state index contributed by atoms with van der Waals surface area (Å²) >= 11 is 4.38. The van der Waals surface area contributed by atoms with Crippen molar-refractivity contribution in [2.24, 2.45) is 0 Å². The first-order chi connectivity index (χ1) is 3.70. The van der Waals surface area contributed by atoms with Gasteiger partial charge < -0.3 is 4.98 Å². The van der Waals surface area contributed by atoms with Crippen LogP contribution in [0.1, 0.15) is 5.69 Å². The molecular weight excluding hydrogens is 330 g/mol. The van der Waals surface area contributed by atoms with Crippen molar-refractivity contribution in [2.45, 2.75) is 6.92 Å². The molecule has 2 nitrogen and oxygen atoms in total. The number of aryl methyl sites for hydroxylation is 1. The molecular formula is C4H4I2N2. The first-order valence-electron chi connectivity index (χ1n) is 2.08. The molecule has 0 spiro atoms. The number of hydrogen-bond acceptors (Lipinski definition) is 1. The zero-order chi connectivity index (χ0) is 6.15. The molecule has 1 heterocycles. The Labute approximate surface area is 74.7 Å². The monoisotopic (exact) mass is 334 g/mol. The third-order valence-corrected chi connectivity index (χ3v) is 2.36. The molecule has 0 aliphatic heterocycles. The van der Waals surface area contributed by atoms with Crippen LogP contribution in [0.15, 0.2) is 0 Å². The largest absolute Gasteiger partial charge is 0.329 e. The molecule has 4 heteroatoms. The van der Waals surface area contributed by atoms with Crippen molar-refractivity contribution in [2.75, 3.05) is 0 Å². The average molecular weight is 334 g/mol. The molecule has 0 radical (unpaired) electrons. The molecule has 0 aromatic carbocycles. The fourth-order valence-corrected chi connectivity index (χ4v) is 1.93. The predicted molar refractivity (Wildman–Crippen MR) is 48.8 cm³/mol. The van der Waals surface area contributed by atoms with E-state index in [1.54, 1.807) is 0 Å². The lowest BCUT2D eigenvalue weighted by atomic mass is 10.6. The number of rotatable bonds is 0. The maximum atomic E-state index is 4.13. The van der Waals surface area contributed by atoms with Gasteiger partial charge in [-0.3, -0.25) is 0 Å². The Morgan fingerprint density at radius 2 is 2.12 bits per heavy atom.